The molecule has 0 rings (SSSR count). The Balaban J connectivity index is 3.35. The zero-order chi connectivity index (χ0) is 7.98. The molecule has 57 valence electrons. The molecular weight excluding hydrogens is 132 g/mol. The van der Waals surface area contributed by atoms with Crippen LogP contribution in [0.4, 0.5) is 4.79 Å². The predicted octanol–water partition coefficient (Wildman–Crippen LogP) is 0.0563. The first kappa shape index (κ1) is 8.94. The van der Waals surface area contributed by atoms with Crippen LogP contribution in [0.25, 0.3) is 0 Å². The second-order valence-corrected chi connectivity index (χ2v) is 1.80. The predicted molar refractivity (Wildman–Crippen MR) is 37.2 cm³/mol. The van der Waals surface area contributed by atoms with E-state index in [2.05, 4.69) is 12.2 Å². The highest BCUT2D eigenvalue weighted by Gasteiger charge is 1.98. The molecule has 1 radical (unpaired) electrons. The molecule has 0 aliphatic heterocycles. The molecular formula is C6H11N2O2. The summed E-state index contributed by atoms with van der Waals surface area (Å²) in [5.74, 6) is -0.589. The number of hydrogen-bond donors (Lipinski definition) is 2. The molecule has 0 aromatic rings. The maximum absolute atomic E-state index is 10.5. The van der Waals surface area contributed by atoms with Crippen LogP contribution < -0.4 is 10.6 Å². The van der Waals surface area contributed by atoms with E-state index in [-0.39, 0.29) is 0 Å². The number of imide groups is 1. The third kappa shape index (κ3) is 5.08. The van der Waals surface area contributed by atoms with Crippen molar-refractivity contribution in [3.63, 3.8) is 0 Å². The second kappa shape index (κ2) is 4.78. The summed E-state index contributed by atoms with van der Waals surface area (Å²) in [5, 5.41) is 4.43. The van der Waals surface area contributed by atoms with Gasteiger partial charge in [0, 0.05) is 13.5 Å². The molecule has 0 spiro atoms. The van der Waals surface area contributed by atoms with Gasteiger partial charge in [-0.1, -0.05) is 6.92 Å². The number of carbonyl (C=O) groups is 2. The molecule has 10 heavy (non-hydrogen) atoms. The molecule has 0 heterocycles. The first-order valence-corrected chi connectivity index (χ1v) is 3.07. The normalized spacial score (nSPS) is 8.60. The Labute approximate surface area is 60.0 Å². The molecule has 2 N–H and O–H groups in total. The van der Waals surface area contributed by atoms with Gasteiger partial charge in [0.05, 0.1) is 0 Å². The lowest BCUT2D eigenvalue weighted by atomic mass is 10.5. The lowest BCUT2D eigenvalue weighted by Gasteiger charge is -2.01. The molecule has 0 saturated heterocycles. The molecule has 0 aliphatic rings. The van der Waals surface area contributed by atoms with E-state index < -0.39 is 11.9 Å². The molecule has 0 aliphatic carbocycles. The summed E-state index contributed by atoms with van der Waals surface area (Å²) in [4.78, 5) is 20.7. The maximum Gasteiger partial charge on any atom is 0.321 e. The van der Waals surface area contributed by atoms with Crippen LogP contribution in [0, 0.1) is 6.92 Å². The van der Waals surface area contributed by atoms with Crippen molar-refractivity contribution in [3.05, 3.63) is 6.92 Å². The minimum atomic E-state index is -0.589. The van der Waals surface area contributed by atoms with Gasteiger partial charge in [0.2, 0.25) is 5.91 Å². The zero-order valence-corrected chi connectivity index (χ0v) is 5.94. The Morgan fingerprint density at radius 2 is 2.10 bits per heavy atom. The van der Waals surface area contributed by atoms with Crippen molar-refractivity contribution in [3.8, 4) is 0 Å². The molecule has 4 nitrogen and oxygen atoms in total. The van der Waals surface area contributed by atoms with Crippen LogP contribution in [0.2, 0.25) is 0 Å². The summed E-state index contributed by atoms with van der Waals surface area (Å²) < 4.78 is 0. The van der Waals surface area contributed by atoms with Crippen molar-refractivity contribution < 1.29 is 9.59 Å². The van der Waals surface area contributed by atoms with Gasteiger partial charge in [0.15, 0.2) is 0 Å². The van der Waals surface area contributed by atoms with Gasteiger partial charge in [-0.15, -0.1) is 0 Å². The van der Waals surface area contributed by atoms with Crippen molar-refractivity contribution in [1.82, 2.24) is 10.6 Å². The van der Waals surface area contributed by atoms with Gasteiger partial charge in [-0.2, -0.15) is 0 Å². The highest BCUT2D eigenvalue weighted by atomic mass is 16.2. The quantitative estimate of drug-likeness (QED) is 0.574. The van der Waals surface area contributed by atoms with E-state index >= 15 is 0 Å². The van der Waals surface area contributed by atoms with Crippen LogP contribution in [0.1, 0.15) is 13.3 Å². The van der Waals surface area contributed by atoms with Gasteiger partial charge in [0.25, 0.3) is 0 Å². The highest BCUT2D eigenvalue weighted by molar-refractivity contribution is 5.96. The Hall–Kier alpha value is -1.06. The average Bonchev–Trinajstić information content (AvgIpc) is 1.82. The lowest BCUT2D eigenvalue weighted by Crippen LogP contribution is -2.38. The van der Waals surface area contributed by atoms with E-state index in [0.29, 0.717) is 6.54 Å². The van der Waals surface area contributed by atoms with Crippen molar-refractivity contribution in [1.29, 1.82) is 0 Å². The fourth-order valence-corrected chi connectivity index (χ4v) is 0.409. The Morgan fingerprint density at radius 3 is 2.50 bits per heavy atom. The molecule has 0 saturated carbocycles. The third-order valence-corrected chi connectivity index (χ3v) is 0.789. The summed E-state index contributed by atoms with van der Waals surface area (Å²) in [6.45, 7) is 5.47. The molecule has 0 aromatic carbocycles. The van der Waals surface area contributed by atoms with Crippen molar-refractivity contribution in [2.24, 2.45) is 0 Å². The summed E-state index contributed by atoms with van der Waals surface area (Å²) in [6, 6.07) is -0.484. The van der Waals surface area contributed by atoms with Gasteiger partial charge in [-0.3, -0.25) is 10.1 Å². The van der Waals surface area contributed by atoms with Crippen molar-refractivity contribution in [2.75, 3.05) is 6.54 Å². The zero-order valence-electron chi connectivity index (χ0n) is 5.94. The number of nitrogens with one attached hydrogen (secondary N) is 2. The molecule has 3 amide bonds. The monoisotopic (exact) mass is 143 g/mol. The smallest absolute Gasteiger partial charge is 0.321 e. The van der Waals surface area contributed by atoms with Gasteiger partial charge >= 0.3 is 6.03 Å². The molecule has 0 bridgehead atoms. The van der Waals surface area contributed by atoms with Gasteiger partial charge < -0.3 is 5.32 Å². The molecule has 0 atom stereocenters. The van der Waals surface area contributed by atoms with E-state index in [0.717, 1.165) is 6.42 Å². The maximum atomic E-state index is 10.5. The molecule has 0 aromatic heterocycles. The lowest BCUT2D eigenvalue weighted by molar-refractivity contribution is -0.115. The van der Waals surface area contributed by atoms with E-state index in [1.165, 1.54) is 0 Å². The van der Waals surface area contributed by atoms with Crippen LogP contribution in [0.3, 0.4) is 0 Å². The summed E-state index contributed by atoms with van der Waals surface area (Å²) in [5.41, 5.74) is 0. The number of amides is 3. The molecule has 0 unspecified atom stereocenters. The number of urea groups is 1. The topological polar surface area (TPSA) is 58.2 Å². The third-order valence-electron chi connectivity index (χ3n) is 0.789. The van der Waals surface area contributed by atoms with E-state index in [9.17, 15) is 9.59 Å². The van der Waals surface area contributed by atoms with Gasteiger partial charge in [-0.25, -0.2) is 4.79 Å². The Bertz CT molecular complexity index is 134. The summed E-state index contributed by atoms with van der Waals surface area (Å²) >= 11 is 0. The van der Waals surface area contributed by atoms with Gasteiger partial charge in [-0.05, 0) is 6.42 Å². The van der Waals surface area contributed by atoms with Crippen LogP contribution in [-0.2, 0) is 4.79 Å². The average molecular weight is 143 g/mol. The minimum absolute atomic E-state index is 0.484. The fraction of sp³-hybridized carbons (Fsp3) is 0.500. The second-order valence-electron chi connectivity index (χ2n) is 1.80. The van der Waals surface area contributed by atoms with Crippen LogP contribution in [-0.4, -0.2) is 18.5 Å². The Morgan fingerprint density at radius 1 is 1.50 bits per heavy atom. The fourth-order valence-electron chi connectivity index (χ4n) is 0.409. The van der Waals surface area contributed by atoms with E-state index in [1.54, 1.807) is 0 Å². The number of hydrogen-bond acceptors (Lipinski definition) is 2. The SMILES string of the molecule is [CH2]C(=O)NC(=O)NCCC. The summed E-state index contributed by atoms with van der Waals surface area (Å²) in [7, 11) is 0. The van der Waals surface area contributed by atoms with Crippen LogP contribution >= 0.6 is 0 Å². The number of rotatable bonds is 2. The van der Waals surface area contributed by atoms with Crippen molar-refractivity contribution in [2.45, 2.75) is 13.3 Å². The largest absolute Gasteiger partial charge is 0.338 e. The van der Waals surface area contributed by atoms with Crippen LogP contribution in [0.15, 0.2) is 0 Å². The minimum Gasteiger partial charge on any atom is -0.338 e. The highest BCUT2D eigenvalue weighted by Crippen LogP contribution is 1.70. The molecule has 0 fully saturated rings. The first-order valence-electron chi connectivity index (χ1n) is 3.07. The van der Waals surface area contributed by atoms with E-state index in [4.69, 9.17) is 0 Å². The summed E-state index contributed by atoms with van der Waals surface area (Å²) in [6.07, 6.45) is 0.846. The molecule has 4 heteroatoms. The van der Waals surface area contributed by atoms with Crippen LogP contribution in [0.5, 0.6) is 0 Å². The van der Waals surface area contributed by atoms with E-state index in [1.807, 2.05) is 12.2 Å². The Kier molecular flexibility index (Phi) is 4.28. The standard InChI is InChI=1S/C6H11N2O2/c1-3-4-7-6(10)8-5(2)9/h2-4H2,1H3,(H2,7,8,9,10). The number of carbonyl (C=O) groups excluding carboxylic acids is 2. The van der Waals surface area contributed by atoms with Gasteiger partial charge in [0.1, 0.15) is 0 Å². The van der Waals surface area contributed by atoms with Crippen molar-refractivity contribution >= 4 is 11.9 Å². The first-order chi connectivity index (χ1) is 4.66.